The molecule has 2 aromatic rings. The molecule has 0 saturated carbocycles. The van der Waals surface area contributed by atoms with Gasteiger partial charge in [-0.2, -0.15) is 5.26 Å². The number of hydrogen-bond donors (Lipinski definition) is 1. The standard InChI is InChI=1S/C18H21N7O2/c1-14-2-4-15(5-3-14)21-17(26)11-23-6-8-24(9-7-23)18(27)12-25-13-20-16(10-19)22-25/h2-5,13H,6-9,11-12H2,1H3,(H,21,26). The number of amides is 2. The van der Waals surface area contributed by atoms with E-state index in [1.807, 2.05) is 42.2 Å². The summed E-state index contributed by atoms with van der Waals surface area (Å²) in [4.78, 5) is 32.0. The van der Waals surface area contributed by atoms with Crippen LogP contribution in [0.25, 0.3) is 0 Å². The molecule has 1 saturated heterocycles. The molecule has 1 aliphatic heterocycles. The van der Waals surface area contributed by atoms with Crippen molar-refractivity contribution in [2.24, 2.45) is 0 Å². The highest BCUT2D eigenvalue weighted by Crippen LogP contribution is 2.09. The predicted molar refractivity (Wildman–Crippen MR) is 97.6 cm³/mol. The molecule has 1 aromatic carbocycles. The number of nitrogens with zero attached hydrogens (tertiary/aromatic N) is 6. The van der Waals surface area contributed by atoms with Crippen molar-refractivity contribution in [1.29, 1.82) is 5.26 Å². The van der Waals surface area contributed by atoms with Crippen LogP contribution in [0.5, 0.6) is 0 Å². The Morgan fingerprint density at radius 1 is 1.15 bits per heavy atom. The molecule has 0 aliphatic carbocycles. The molecule has 2 amide bonds. The van der Waals surface area contributed by atoms with Crippen molar-refractivity contribution in [3.05, 3.63) is 42.0 Å². The fourth-order valence-electron chi connectivity index (χ4n) is 2.86. The molecule has 0 radical (unpaired) electrons. The van der Waals surface area contributed by atoms with E-state index in [0.29, 0.717) is 32.7 Å². The van der Waals surface area contributed by atoms with Crippen LogP contribution < -0.4 is 5.32 Å². The second kappa shape index (κ2) is 8.42. The van der Waals surface area contributed by atoms with Crippen LogP contribution in [0.1, 0.15) is 11.4 Å². The van der Waals surface area contributed by atoms with Crippen LogP contribution in [0.15, 0.2) is 30.6 Å². The number of rotatable bonds is 5. The van der Waals surface area contributed by atoms with Crippen molar-refractivity contribution in [2.75, 3.05) is 38.0 Å². The smallest absolute Gasteiger partial charge is 0.252 e. The maximum Gasteiger partial charge on any atom is 0.252 e. The van der Waals surface area contributed by atoms with Crippen molar-refractivity contribution < 1.29 is 9.59 Å². The van der Waals surface area contributed by atoms with Gasteiger partial charge in [0.15, 0.2) is 0 Å². The van der Waals surface area contributed by atoms with Crippen LogP contribution in [0.3, 0.4) is 0 Å². The van der Waals surface area contributed by atoms with Gasteiger partial charge in [-0.1, -0.05) is 17.7 Å². The second-order valence-electron chi connectivity index (χ2n) is 6.45. The fraction of sp³-hybridized carbons (Fsp3) is 0.389. The van der Waals surface area contributed by atoms with E-state index in [4.69, 9.17) is 5.26 Å². The van der Waals surface area contributed by atoms with Gasteiger partial charge in [0.05, 0.1) is 6.54 Å². The molecule has 1 fully saturated rings. The molecule has 140 valence electrons. The van der Waals surface area contributed by atoms with Gasteiger partial charge in [0.1, 0.15) is 18.9 Å². The largest absolute Gasteiger partial charge is 0.339 e. The summed E-state index contributed by atoms with van der Waals surface area (Å²) in [6.07, 6.45) is 1.38. The number of carbonyl (C=O) groups is 2. The predicted octanol–water partition coefficient (Wildman–Crippen LogP) is 0.241. The van der Waals surface area contributed by atoms with E-state index in [-0.39, 0.29) is 24.2 Å². The van der Waals surface area contributed by atoms with Gasteiger partial charge in [0.2, 0.25) is 11.8 Å². The minimum atomic E-state index is -0.0758. The summed E-state index contributed by atoms with van der Waals surface area (Å²) in [5.74, 6) is -0.0920. The maximum absolute atomic E-state index is 12.3. The van der Waals surface area contributed by atoms with Crippen LogP contribution in [-0.2, 0) is 16.1 Å². The number of nitrogens with one attached hydrogen (secondary N) is 1. The van der Waals surface area contributed by atoms with Gasteiger partial charge in [-0.15, -0.1) is 5.10 Å². The quantitative estimate of drug-likeness (QED) is 0.811. The molecule has 0 atom stereocenters. The first-order valence-electron chi connectivity index (χ1n) is 8.69. The number of benzene rings is 1. The highest BCUT2D eigenvalue weighted by molar-refractivity contribution is 5.92. The summed E-state index contributed by atoms with van der Waals surface area (Å²) in [7, 11) is 0. The number of anilines is 1. The highest BCUT2D eigenvalue weighted by atomic mass is 16.2. The summed E-state index contributed by atoms with van der Waals surface area (Å²) in [5.41, 5.74) is 1.92. The van der Waals surface area contributed by atoms with Gasteiger partial charge in [-0.05, 0) is 19.1 Å². The Bertz CT molecular complexity index is 845. The number of aryl methyl sites for hydroxylation is 1. The van der Waals surface area contributed by atoms with E-state index < -0.39 is 0 Å². The van der Waals surface area contributed by atoms with Gasteiger partial charge in [-0.3, -0.25) is 14.5 Å². The third-order valence-corrected chi connectivity index (χ3v) is 4.36. The van der Waals surface area contributed by atoms with Crippen LogP contribution in [0.2, 0.25) is 0 Å². The van der Waals surface area contributed by atoms with E-state index in [1.54, 1.807) is 4.90 Å². The number of piperazine rings is 1. The lowest BCUT2D eigenvalue weighted by atomic mass is 10.2. The van der Waals surface area contributed by atoms with Gasteiger partial charge in [-0.25, -0.2) is 9.67 Å². The minimum Gasteiger partial charge on any atom is -0.339 e. The number of carbonyl (C=O) groups excluding carboxylic acids is 2. The average molecular weight is 367 g/mol. The third-order valence-electron chi connectivity index (χ3n) is 4.36. The lowest BCUT2D eigenvalue weighted by Gasteiger charge is -2.34. The number of hydrogen-bond acceptors (Lipinski definition) is 6. The van der Waals surface area contributed by atoms with Crippen LogP contribution in [0, 0.1) is 18.3 Å². The van der Waals surface area contributed by atoms with Crippen LogP contribution >= 0.6 is 0 Å². The second-order valence-corrected chi connectivity index (χ2v) is 6.45. The van der Waals surface area contributed by atoms with Gasteiger partial charge in [0, 0.05) is 31.9 Å². The Morgan fingerprint density at radius 2 is 1.85 bits per heavy atom. The molecule has 2 heterocycles. The molecule has 1 aliphatic rings. The molecule has 0 unspecified atom stereocenters. The molecule has 1 N–H and O–H groups in total. The van der Waals surface area contributed by atoms with E-state index in [2.05, 4.69) is 15.4 Å². The first-order chi connectivity index (χ1) is 13.0. The van der Waals surface area contributed by atoms with E-state index in [9.17, 15) is 9.59 Å². The number of nitriles is 1. The first kappa shape index (κ1) is 18.5. The van der Waals surface area contributed by atoms with Gasteiger partial charge >= 0.3 is 0 Å². The lowest BCUT2D eigenvalue weighted by molar-refractivity contribution is -0.133. The topological polar surface area (TPSA) is 107 Å². The molecular formula is C18H21N7O2. The molecule has 9 heteroatoms. The fourth-order valence-corrected chi connectivity index (χ4v) is 2.86. The van der Waals surface area contributed by atoms with Crippen molar-refractivity contribution in [1.82, 2.24) is 24.6 Å². The van der Waals surface area contributed by atoms with Crippen LogP contribution in [0.4, 0.5) is 5.69 Å². The SMILES string of the molecule is Cc1ccc(NC(=O)CN2CCN(C(=O)Cn3cnc(C#N)n3)CC2)cc1. The van der Waals surface area contributed by atoms with Gasteiger partial charge < -0.3 is 10.2 Å². The summed E-state index contributed by atoms with van der Waals surface area (Å²) < 4.78 is 1.36. The van der Waals surface area contributed by atoms with Crippen molar-refractivity contribution in [3.8, 4) is 6.07 Å². The molecular weight excluding hydrogens is 346 g/mol. The molecule has 1 aromatic heterocycles. The molecule has 9 nitrogen and oxygen atoms in total. The minimum absolute atomic E-state index is 0.0483. The summed E-state index contributed by atoms with van der Waals surface area (Å²) in [6, 6.07) is 9.50. The van der Waals surface area contributed by atoms with E-state index >= 15 is 0 Å². The average Bonchev–Trinajstić information content (AvgIpc) is 3.11. The van der Waals surface area contributed by atoms with Crippen molar-refractivity contribution >= 4 is 17.5 Å². The zero-order chi connectivity index (χ0) is 19.2. The zero-order valence-corrected chi connectivity index (χ0v) is 15.1. The summed E-state index contributed by atoms with van der Waals surface area (Å²) in [6.45, 7) is 4.72. The Morgan fingerprint density at radius 3 is 2.48 bits per heavy atom. The Balaban J connectivity index is 1.42. The molecule has 0 bridgehead atoms. The number of aromatic nitrogens is 3. The summed E-state index contributed by atoms with van der Waals surface area (Å²) in [5, 5.41) is 15.5. The third kappa shape index (κ3) is 5.12. The Labute approximate surface area is 157 Å². The van der Waals surface area contributed by atoms with Gasteiger partial charge in [0.25, 0.3) is 5.82 Å². The van der Waals surface area contributed by atoms with E-state index in [1.165, 1.54) is 11.0 Å². The highest BCUT2D eigenvalue weighted by Gasteiger charge is 2.22. The van der Waals surface area contributed by atoms with Crippen molar-refractivity contribution in [3.63, 3.8) is 0 Å². The molecule has 3 rings (SSSR count). The Kier molecular flexibility index (Phi) is 5.78. The summed E-state index contributed by atoms with van der Waals surface area (Å²) >= 11 is 0. The monoisotopic (exact) mass is 367 g/mol. The lowest BCUT2D eigenvalue weighted by Crippen LogP contribution is -2.51. The molecule has 27 heavy (non-hydrogen) atoms. The van der Waals surface area contributed by atoms with Crippen LogP contribution in [-0.4, -0.2) is 69.1 Å². The first-order valence-corrected chi connectivity index (χ1v) is 8.69. The Hall–Kier alpha value is -3.25. The maximum atomic E-state index is 12.3. The zero-order valence-electron chi connectivity index (χ0n) is 15.1. The van der Waals surface area contributed by atoms with E-state index in [0.717, 1.165) is 11.3 Å². The van der Waals surface area contributed by atoms with Crippen molar-refractivity contribution in [2.45, 2.75) is 13.5 Å². The molecule has 0 spiro atoms. The normalized spacial score (nSPS) is 14.6.